The number of methoxy groups -OCH3 is 2. The Hall–Kier alpha value is -2.77. The van der Waals surface area contributed by atoms with Crippen LogP contribution in [0.15, 0.2) is 18.2 Å². The Morgan fingerprint density at radius 1 is 1.07 bits per heavy atom. The number of esters is 1. The smallest absolute Gasteiger partial charge is 0.305 e. The summed E-state index contributed by atoms with van der Waals surface area (Å²) in [5.41, 5.74) is 0.416. The van der Waals surface area contributed by atoms with Gasteiger partial charge in [-0.05, 0) is 44.9 Å². The molecule has 0 aliphatic heterocycles. The molecule has 8 nitrogen and oxygen atoms in total. The van der Waals surface area contributed by atoms with Crippen LogP contribution in [0, 0.1) is 0 Å². The van der Waals surface area contributed by atoms with Gasteiger partial charge in [0.25, 0.3) is 11.8 Å². The molecule has 1 rings (SSSR count). The number of nitrogens with one attached hydrogen (secondary N) is 2. The second-order valence-electron chi connectivity index (χ2n) is 6.17. The van der Waals surface area contributed by atoms with Crippen molar-refractivity contribution in [2.75, 3.05) is 27.4 Å². The predicted octanol–water partition coefficient (Wildman–Crippen LogP) is 1.67. The van der Waals surface area contributed by atoms with E-state index in [0.717, 1.165) is 0 Å². The van der Waals surface area contributed by atoms with Crippen LogP contribution >= 0.6 is 0 Å². The van der Waals surface area contributed by atoms with Gasteiger partial charge in [-0.25, -0.2) is 0 Å². The zero-order chi connectivity index (χ0) is 20.2. The quantitative estimate of drug-likeness (QED) is 0.447. The van der Waals surface area contributed by atoms with Gasteiger partial charge in [-0.1, -0.05) is 0 Å². The number of hydrogen-bond donors (Lipinski definition) is 2. The first kappa shape index (κ1) is 22.3. The van der Waals surface area contributed by atoms with Gasteiger partial charge in [0.15, 0.2) is 18.1 Å². The molecule has 2 N–H and O–H groups in total. The van der Waals surface area contributed by atoms with Crippen molar-refractivity contribution in [1.82, 2.24) is 10.6 Å². The van der Waals surface area contributed by atoms with Crippen LogP contribution in [-0.4, -0.2) is 51.2 Å². The van der Waals surface area contributed by atoms with Crippen molar-refractivity contribution in [3.63, 3.8) is 0 Å². The molecule has 0 atom stereocenters. The number of rotatable bonds is 11. The van der Waals surface area contributed by atoms with E-state index in [1.807, 2.05) is 13.8 Å². The van der Waals surface area contributed by atoms with Crippen LogP contribution in [0.3, 0.4) is 0 Å². The van der Waals surface area contributed by atoms with Gasteiger partial charge in [0, 0.05) is 24.6 Å². The zero-order valence-corrected chi connectivity index (χ0v) is 16.3. The maximum absolute atomic E-state index is 12.2. The highest BCUT2D eigenvalue weighted by molar-refractivity contribution is 5.94. The normalized spacial score (nSPS) is 10.3. The number of unbranched alkanes of at least 4 members (excludes halogenated alkanes) is 1. The Morgan fingerprint density at radius 3 is 2.44 bits per heavy atom. The minimum Gasteiger partial charge on any atom is -0.493 e. The second-order valence-corrected chi connectivity index (χ2v) is 6.17. The summed E-state index contributed by atoms with van der Waals surface area (Å²) in [6, 6.07) is 4.77. The molecule has 0 saturated carbocycles. The maximum atomic E-state index is 12.2. The van der Waals surface area contributed by atoms with Crippen molar-refractivity contribution < 1.29 is 28.6 Å². The van der Waals surface area contributed by atoms with Crippen LogP contribution in [0.4, 0.5) is 0 Å². The van der Waals surface area contributed by atoms with Crippen LogP contribution < -0.4 is 20.1 Å². The van der Waals surface area contributed by atoms with Gasteiger partial charge in [-0.2, -0.15) is 0 Å². The van der Waals surface area contributed by atoms with Crippen molar-refractivity contribution >= 4 is 17.8 Å². The predicted molar refractivity (Wildman–Crippen MR) is 100.0 cm³/mol. The summed E-state index contributed by atoms with van der Waals surface area (Å²) in [4.78, 5) is 34.9. The molecular formula is C19H28N2O6. The van der Waals surface area contributed by atoms with Gasteiger partial charge in [0.05, 0.1) is 14.2 Å². The Morgan fingerprint density at radius 2 is 1.81 bits per heavy atom. The molecule has 0 spiro atoms. The lowest BCUT2D eigenvalue weighted by molar-refractivity contribution is -0.140. The van der Waals surface area contributed by atoms with Crippen molar-refractivity contribution in [3.8, 4) is 11.5 Å². The number of amides is 2. The molecule has 0 radical (unpaired) electrons. The van der Waals surface area contributed by atoms with E-state index in [0.29, 0.717) is 42.9 Å². The largest absolute Gasteiger partial charge is 0.493 e. The maximum Gasteiger partial charge on any atom is 0.305 e. The van der Waals surface area contributed by atoms with Crippen molar-refractivity contribution in [2.45, 2.75) is 39.2 Å². The number of hydrogen-bond acceptors (Lipinski definition) is 6. The first-order valence-corrected chi connectivity index (χ1v) is 8.82. The number of benzene rings is 1. The van der Waals surface area contributed by atoms with E-state index in [9.17, 15) is 14.4 Å². The SMILES string of the molecule is COC(=O)CCCCNC(=O)c1ccc(OCC(=O)NC(C)C)c(OC)c1. The summed E-state index contributed by atoms with van der Waals surface area (Å²) in [6.07, 6.45) is 1.64. The lowest BCUT2D eigenvalue weighted by Crippen LogP contribution is -2.34. The average molecular weight is 380 g/mol. The molecule has 0 heterocycles. The molecule has 1 aromatic rings. The standard InChI is InChI=1S/C19H28N2O6/c1-13(2)21-17(22)12-27-15-9-8-14(11-16(15)25-3)19(24)20-10-6-5-7-18(23)26-4/h8-9,11,13H,5-7,10,12H2,1-4H3,(H,20,24)(H,21,22). The van der Waals surface area contributed by atoms with E-state index in [2.05, 4.69) is 15.4 Å². The summed E-state index contributed by atoms with van der Waals surface area (Å²) in [5.74, 6) is -0.00301. The summed E-state index contributed by atoms with van der Waals surface area (Å²) in [7, 11) is 2.81. The lowest BCUT2D eigenvalue weighted by Gasteiger charge is -2.13. The van der Waals surface area contributed by atoms with E-state index in [1.54, 1.807) is 18.2 Å². The van der Waals surface area contributed by atoms with Crippen molar-refractivity contribution in [1.29, 1.82) is 0 Å². The highest BCUT2D eigenvalue weighted by Crippen LogP contribution is 2.28. The molecule has 150 valence electrons. The molecular weight excluding hydrogens is 352 g/mol. The minimum atomic E-state index is -0.260. The monoisotopic (exact) mass is 380 g/mol. The molecule has 0 aromatic heterocycles. The van der Waals surface area contributed by atoms with E-state index in [1.165, 1.54) is 14.2 Å². The van der Waals surface area contributed by atoms with Crippen molar-refractivity contribution in [3.05, 3.63) is 23.8 Å². The van der Waals surface area contributed by atoms with E-state index >= 15 is 0 Å². The van der Waals surface area contributed by atoms with E-state index in [4.69, 9.17) is 9.47 Å². The fourth-order valence-electron chi connectivity index (χ4n) is 2.24. The molecule has 0 unspecified atom stereocenters. The van der Waals surface area contributed by atoms with Crippen LogP contribution in [0.5, 0.6) is 11.5 Å². The van der Waals surface area contributed by atoms with Gasteiger partial charge < -0.3 is 24.8 Å². The average Bonchev–Trinajstić information content (AvgIpc) is 2.64. The summed E-state index contributed by atoms with van der Waals surface area (Å²) in [5, 5.41) is 5.51. The lowest BCUT2D eigenvalue weighted by atomic mass is 10.1. The molecule has 0 fully saturated rings. The van der Waals surface area contributed by atoms with Gasteiger partial charge in [0.2, 0.25) is 0 Å². The van der Waals surface area contributed by atoms with E-state index in [-0.39, 0.29) is 30.4 Å². The Labute approximate surface area is 159 Å². The third-order valence-corrected chi connectivity index (χ3v) is 3.56. The Bertz CT molecular complexity index is 645. The molecule has 2 amide bonds. The molecule has 0 bridgehead atoms. The highest BCUT2D eigenvalue weighted by Gasteiger charge is 2.13. The fourth-order valence-corrected chi connectivity index (χ4v) is 2.24. The Balaban J connectivity index is 2.53. The molecule has 0 saturated heterocycles. The summed E-state index contributed by atoms with van der Waals surface area (Å²) >= 11 is 0. The van der Waals surface area contributed by atoms with Gasteiger partial charge in [-0.3, -0.25) is 14.4 Å². The number of ether oxygens (including phenoxy) is 3. The molecule has 0 aliphatic carbocycles. The fraction of sp³-hybridized carbons (Fsp3) is 0.526. The minimum absolute atomic E-state index is 0.0293. The van der Waals surface area contributed by atoms with Crippen molar-refractivity contribution in [2.24, 2.45) is 0 Å². The van der Waals surface area contributed by atoms with Crippen LogP contribution in [0.2, 0.25) is 0 Å². The zero-order valence-electron chi connectivity index (χ0n) is 16.3. The Kier molecular flexibility index (Phi) is 9.71. The third-order valence-electron chi connectivity index (χ3n) is 3.56. The van der Waals surface area contributed by atoms with Gasteiger partial charge in [0.1, 0.15) is 0 Å². The van der Waals surface area contributed by atoms with Crippen LogP contribution in [0.25, 0.3) is 0 Å². The van der Waals surface area contributed by atoms with Crippen LogP contribution in [-0.2, 0) is 14.3 Å². The highest BCUT2D eigenvalue weighted by atomic mass is 16.5. The van der Waals surface area contributed by atoms with E-state index < -0.39 is 0 Å². The number of carbonyl (C=O) groups is 3. The first-order chi connectivity index (χ1) is 12.9. The molecule has 0 aliphatic rings. The summed E-state index contributed by atoms with van der Waals surface area (Å²) in [6.45, 7) is 4.04. The van der Waals surface area contributed by atoms with Gasteiger partial charge in [-0.15, -0.1) is 0 Å². The first-order valence-electron chi connectivity index (χ1n) is 8.82. The second kappa shape index (κ2) is 11.8. The third kappa shape index (κ3) is 8.44. The summed E-state index contributed by atoms with van der Waals surface area (Å²) < 4.78 is 15.3. The number of carbonyl (C=O) groups excluding carboxylic acids is 3. The molecule has 1 aromatic carbocycles. The van der Waals surface area contributed by atoms with Gasteiger partial charge >= 0.3 is 5.97 Å². The topological polar surface area (TPSA) is 103 Å². The molecule has 27 heavy (non-hydrogen) atoms. The molecule has 8 heteroatoms. The van der Waals surface area contributed by atoms with Crippen LogP contribution in [0.1, 0.15) is 43.5 Å².